The van der Waals surface area contributed by atoms with E-state index >= 15 is 0 Å². The molecular formula is C13H12Cl2N2O2S. The minimum atomic E-state index is -3.86. The summed E-state index contributed by atoms with van der Waals surface area (Å²) in [6.07, 6.45) is 0. The van der Waals surface area contributed by atoms with Gasteiger partial charge in [0, 0.05) is 5.02 Å². The fraction of sp³-hybridized carbons (Fsp3) is 0.0769. The third-order valence-corrected chi connectivity index (χ3v) is 4.84. The largest absolute Gasteiger partial charge is 0.398 e. The molecule has 0 aliphatic rings. The van der Waals surface area contributed by atoms with E-state index in [0.29, 0.717) is 16.3 Å². The molecule has 0 amide bonds. The molecule has 0 aliphatic carbocycles. The van der Waals surface area contributed by atoms with Crippen molar-refractivity contribution in [3.8, 4) is 0 Å². The highest BCUT2D eigenvalue weighted by Gasteiger charge is 2.21. The van der Waals surface area contributed by atoms with E-state index in [4.69, 9.17) is 28.9 Å². The van der Waals surface area contributed by atoms with Gasteiger partial charge in [0.2, 0.25) is 0 Å². The molecule has 4 nitrogen and oxygen atoms in total. The first-order valence-electron chi connectivity index (χ1n) is 5.64. The first kappa shape index (κ1) is 15.0. The van der Waals surface area contributed by atoms with Crippen molar-refractivity contribution >= 4 is 44.6 Å². The van der Waals surface area contributed by atoms with Gasteiger partial charge in [-0.1, -0.05) is 29.3 Å². The smallest absolute Gasteiger partial charge is 0.265 e. The maximum absolute atomic E-state index is 12.4. The van der Waals surface area contributed by atoms with E-state index in [9.17, 15) is 8.42 Å². The van der Waals surface area contributed by atoms with E-state index in [2.05, 4.69) is 4.72 Å². The standard InChI is InChI=1S/C13H12Cl2N2O2S/c1-8-7-9(14)5-6-12(8)17-20(18,19)13-10(15)3-2-4-11(13)16/h2-7,17H,16H2,1H3. The number of nitrogen functional groups attached to an aromatic ring is 1. The van der Waals surface area contributed by atoms with Crippen LogP contribution in [0.15, 0.2) is 41.3 Å². The normalized spacial score (nSPS) is 11.3. The summed E-state index contributed by atoms with van der Waals surface area (Å²) in [5, 5.41) is 0.604. The van der Waals surface area contributed by atoms with Crippen LogP contribution in [0.2, 0.25) is 10.0 Å². The molecule has 0 saturated carbocycles. The summed E-state index contributed by atoms with van der Waals surface area (Å²) in [4.78, 5) is -0.129. The van der Waals surface area contributed by atoms with E-state index in [1.165, 1.54) is 12.1 Å². The zero-order chi connectivity index (χ0) is 14.9. The van der Waals surface area contributed by atoms with E-state index in [0.717, 1.165) is 0 Å². The highest BCUT2D eigenvalue weighted by atomic mass is 35.5. The lowest BCUT2D eigenvalue weighted by molar-refractivity contribution is 0.601. The van der Waals surface area contributed by atoms with Crippen LogP contribution in [-0.4, -0.2) is 8.42 Å². The van der Waals surface area contributed by atoms with Crippen LogP contribution < -0.4 is 10.5 Å². The average Bonchev–Trinajstić information content (AvgIpc) is 2.32. The van der Waals surface area contributed by atoms with Gasteiger partial charge in [0.15, 0.2) is 0 Å². The molecule has 106 valence electrons. The Kier molecular flexibility index (Phi) is 4.13. The van der Waals surface area contributed by atoms with Crippen molar-refractivity contribution in [3.63, 3.8) is 0 Å². The van der Waals surface area contributed by atoms with Crippen LogP contribution >= 0.6 is 23.2 Å². The average molecular weight is 331 g/mol. The van der Waals surface area contributed by atoms with Gasteiger partial charge in [-0.15, -0.1) is 0 Å². The Labute approximate surface area is 127 Å². The Bertz CT molecular complexity index is 741. The van der Waals surface area contributed by atoms with Crippen LogP contribution in [0.1, 0.15) is 5.56 Å². The topological polar surface area (TPSA) is 72.2 Å². The van der Waals surface area contributed by atoms with Crippen molar-refractivity contribution in [2.45, 2.75) is 11.8 Å². The summed E-state index contributed by atoms with van der Waals surface area (Å²) < 4.78 is 27.2. The monoisotopic (exact) mass is 330 g/mol. The van der Waals surface area contributed by atoms with Gasteiger partial charge in [0.25, 0.3) is 10.0 Å². The lowest BCUT2D eigenvalue weighted by atomic mass is 10.2. The van der Waals surface area contributed by atoms with Crippen molar-refractivity contribution in [1.29, 1.82) is 0 Å². The number of benzene rings is 2. The quantitative estimate of drug-likeness (QED) is 0.843. The van der Waals surface area contributed by atoms with Gasteiger partial charge in [-0.25, -0.2) is 8.42 Å². The molecule has 2 aromatic rings. The Hall–Kier alpha value is -1.43. The van der Waals surface area contributed by atoms with Gasteiger partial charge in [0.05, 0.1) is 16.4 Å². The first-order valence-corrected chi connectivity index (χ1v) is 7.88. The zero-order valence-electron chi connectivity index (χ0n) is 10.5. The van der Waals surface area contributed by atoms with E-state index < -0.39 is 10.0 Å². The molecule has 0 unspecified atom stereocenters. The van der Waals surface area contributed by atoms with Crippen molar-refractivity contribution in [2.75, 3.05) is 10.5 Å². The lowest BCUT2D eigenvalue weighted by Gasteiger charge is -2.13. The van der Waals surface area contributed by atoms with Gasteiger partial charge in [-0.3, -0.25) is 4.72 Å². The number of rotatable bonds is 3. The number of aryl methyl sites for hydroxylation is 1. The van der Waals surface area contributed by atoms with Crippen LogP contribution in [0.5, 0.6) is 0 Å². The molecule has 0 bridgehead atoms. The highest BCUT2D eigenvalue weighted by molar-refractivity contribution is 7.93. The highest BCUT2D eigenvalue weighted by Crippen LogP contribution is 2.30. The molecule has 0 fully saturated rings. The molecule has 0 aromatic heterocycles. The van der Waals surface area contributed by atoms with Crippen LogP contribution in [0.25, 0.3) is 0 Å². The minimum Gasteiger partial charge on any atom is -0.398 e. The van der Waals surface area contributed by atoms with E-state index in [1.807, 2.05) is 0 Å². The van der Waals surface area contributed by atoms with Gasteiger partial charge in [0.1, 0.15) is 4.90 Å². The fourth-order valence-electron chi connectivity index (χ4n) is 1.75. The third-order valence-electron chi connectivity index (χ3n) is 2.70. The first-order chi connectivity index (χ1) is 9.31. The van der Waals surface area contributed by atoms with Crippen molar-refractivity contribution in [3.05, 3.63) is 52.0 Å². The summed E-state index contributed by atoms with van der Waals surface area (Å²) in [6.45, 7) is 1.75. The van der Waals surface area contributed by atoms with Crippen LogP contribution in [0.3, 0.4) is 0 Å². The van der Waals surface area contributed by atoms with E-state index in [-0.39, 0.29) is 15.6 Å². The van der Waals surface area contributed by atoms with Gasteiger partial charge in [-0.05, 0) is 42.8 Å². The second-order valence-electron chi connectivity index (χ2n) is 4.22. The molecule has 3 N–H and O–H groups in total. The Morgan fingerprint density at radius 2 is 1.85 bits per heavy atom. The summed E-state index contributed by atoms with van der Waals surface area (Å²) in [5.74, 6) is 0. The Balaban J connectivity index is 2.46. The van der Waals surface area contributed by atoms with Crippen LogP contribution in [0, 0.1) is 6.92 Å². The number of sulfonamides is 1. The maximum Gasteiger partial charge on any atom is 0.265 e. The SMILES string of the molecule is Cc1cc(Cl)ccc1NS(=O)(=O)c1c(N)cccc1Cl. The number of hydrogen-bond donors (Lipinski definition) is 2. The Morgan fingerprint density at radius 1 is 1.15 bits per heavy atom. The maximum atomic E-state index is 12.4. The zero-order valence-corrected chi connectivity index (χ0v) is 12.9. The van der Waals surface area contributed by atoms with Gasteiger partial charge >= 0.3 is 0 Å². The molecule has 2 rings (SSSR count). The van der Waals surface area contributed by atoms with Crippen molar-refractivity contribution in [1.82, 2.24) is 0 Å². The summed E-state index contributed by atoms with van der Waals surface area (Å²) in [7, 11) is -3.86. The molecule has 0 atom stereocenters. The number of halogens is 2. The molecular weight excluding hydrogens is 319 g/mol. The van der Waals surface area contributed by atoms with Crippen LogP contribution in [-0.2, 0) is 10.0 Å². The predicted octanol–water partition coefficient (Wildman–Crippen LogP) is 3.68. The molecule has 0 spiro atoms. The van der Waals surface area contributed by atoms with Crippen LogP contribution in [0.4, 0.5) is 11.4 Å². The second-order valence-corrected chi connectivity index (χ2v) is 6.69. The number of nitrogens with one attached hydrogen (secondary N) is 1. The molecule has 0 heterocycles. The van der Waals surface area contributed by atoms with Crippen molar-refractivity contribution < 1.29 is 8.42 Å². The molecule has 0 aliphatic heterocycles. The Morgan fingerprint density at radius 3 is 2.45 bits per heavy atom. The molecule has 0 saturated heterocycles. The fourth-order valence-corrected chi connectivity index (χ4v) is 3.78. The second kappa shape index (κ2) is 5.52. The lowest BCUT2D eigenvalue weighted by Crippen LogP contribution is -2.16. The molecule has 0 radical (unpaired) electrons. The third kappa shape index (κ3) is 3.00. The molecule has 7 heteroatoms. The number of hydrogen-bond acceptors (Lipinski definition) is 3. The predicted molar refractivity (Wildman–Crippen MR) is 82.9 cm³/mol. The minimum absolute atomic E-state index is 0.0733. The summed E-state index contributed by atoms with van der Waals surface area (Å²) >= 11 is 11.8. The molecule has 2 aromatic carbocycles. The van der Waals surface area contributed by atoms with Gasteiger partial charge < -0.3 is 5.73 Å². The van der Waals surface area contributed by atoms with Crippen molar-refractivity contribution in [2.24, 2.45) is 0 Å². The molecule has 20 heavy (non-hydrogen) atoms. The van der Waals surface area contributed by atoms with Gasteiger partial charge in [-0.2, -0.15) is 0 Å². The summed E-state index contributed by atoms with van der Waals surface area (Å²) in [5.41, 5.74) is 6.92. The number of nitrogens with two attached hydrogens (primary N) is 1. The van der Waals surface area contributed by atoms with E-state index in [1.54, 1.807) is 31.2 Å². The summed E-state index contributed by atoms with van der Waals surface area (Å²) in [6, 6.07) is 9.39. The number of anilines is 2.